The minimum absolute atomic E-state index is 0.0457. The van der Waals surface area contributed by atoms with E-state index in [0.29, 0.717) is 10.5 Å². The fourth-order valence-electron chi connectivity index (χ4n) is 1.86. The predicted molar refractivity (Wildman–Crippen MR) is 88.3 cm³/mol. The molecule has 2 rings (SSSR count). The molecule has 2 heterocycles. The lowest BCUT2D eigenvalue weighted by Gasteiger charge is -2.10. The lowest BCUT2D eigenvalue weighted by molar-refractivity contribution is -0.119. The number of thiophene rings is 1. The van der Waals surface area contributed by atoms with Gasteiger partial charge in [0.25, 0.3) is 5.56 Å². The smallest absolute Gasteiger partial charge is 0.260 e. The number of carbonyl (C=O) groups excluding carboxylic acids is 1. The van der Waals surface area contributed by atoms with Gasteiger partial charge in [0.1, 0.15) is 4.83 Å². The first-order valence-electron chi connectivity index (χ1n) is 6.84. The molecule has 0 saturated heterocycles. The number of amides is 1. The van der Waals surface area contributed by atoms with Crippen LogP contribution in [-0.4, -0.2) is 27.7 Å². The lowest BCUT2D eigenvalue weighted by atomic mass is 10.2. The van der Waals surface area contributed by atoms with Gasteiger partial charge in [-0.15, -0.1) is 11.3 Å². The number of H-pyrrole nitrogens is 1. The number of fused-ring (bicyclic) bond motifs is 1. The van der Waals surface area contributed by atoms with Crippen molar-refractivity contribution in [3.05, 3.63) is 20.8 Å². The molecule has 0 spiro atoms. The fourth-order valence-corrected chi connectivity index (χ4v) is 3.62. The summed E-state index contributed by atoms with van der Waals surface area (Å²) in [6.07, 6.45) is 0.894. The molecule has 0 fully saturated rings. The maximum absolute atomic E-state index is 12.1. The van der Waals surface area contributed by atoms with Gasteiger partial charge in [-0.1, -0.05) is 18.7 Å². The van der Waals surface area contributed by atoms with Gasteiger partial charge in [0.2, 0.25) is 5.91 Å². The van der Waals surface area contributed by atoms with E-state index in [4.69, 9.17) is 0 Å². The van der Waals surface area contributed by atoms with Gasteiger partial charge in [-0.3, -0.25) is 9.59 Å². The van der Waals surface area contributed by atoms with Crippen molar-refractivity contribution < 1.29 is 4.79 Å². The Kier molecular flexibility index (Phi) is 5.05. The number of thioether (sulfide) groups is 1. The van der Waals surface area contributed by atoms with Crippen LogP contribution in [-0.2, 0) is 4.79 Å². The second-order valence-corrected chi connectivity index (χ2v) is 7.17. The van der Waals surface area contributed by atoms with E-state index in [1.165, 1.54) is 23.1 Å². The van der Waals surface area contributed by atoms with Crippen molar-refractivity contribution in [3.63, 3.8) is 0 Å². The summed E-state index contributed by atoms with van der Waals surface area (Å²) >= 11 is 2.76. The minimum Gasteiger partial charge on any atom is -0.353 e. The molecule has 114 valence electrons. The van der Waals surface area contributed by atoms with Crippen molar-refractivity contribution in [3.8, 4) is 0 Å². The summed E-state index contributed by atoms with van der Waals surface area (Å²) in [6.45, 7) is 7.89. The summed E-state index contributed by atoms with van der Waals surface area (Å²) < 4.78 is 0. The number of aromatic nitrogens is 2. The zero-order chi connectivity index (χ0) is 15.6. The number of nitrogens with zero attached hydrogens (tertiary/aromatic N) is 1. The summed E-state index contributed by atoms with van der Waals surface area (Å²) in [5.41, 5.74) is 0.849. The van der Waals surface area contributed by atoms with Crippen LogP contribution in [0.15, 0.2) is 9.95 Å². The number of aromatic amines is 1. The standard InChI is InChI=1S/C14H19N3O2S2/c1-5-7(2)15-10(18)6-20-14-16-12(19)11-8(3)9(4)21-13(11)17-14/h7H,5-6H2,1-4H3,(H,15,18)(H,16,17,19)/t7-/m1/s1. The maximum atomic E-state index is 12.1. The Morgan fingerprint density at radius 1 is 1.48 bits per heavy atom. The van der Waals surface area contributed by atoms with E-state index in [2.05, 4.69) is 15.3 Å². The highest BCUT2D eigenvalue weighted by Gasteiger charge is 2.13. The van der Waals surface area contributed by atoms with Gasteiger partial charge < -0.3 is 10.3 Å². The first-order chi connectivity index (χ1) is 9.92. The SMILES string of the molecule is CC[C@@H](C)NC(=O)CSc1nc2sc(C)c(C)c2c(=O)[nH]1. The number of rotatable bonds is 5. The Bertz CT molecular complexity index is 721. The molecule has 5 nitrogen and oxygen atoms in total. The number of nitrogens with one attached hydrogen (secondary N) is 2. The van der Waals surface area contributed by atoms with E-state index < -0.39 is 0 Å². The van der Waals surface area contributed by atoms with Gasteiger partial charge >= 0.3 is 0 Å². The van der Waals surface area contributed by atoms with Crippen LogP contribution < -0.4 is 10.9 Å². The van der Waals surface area contributed by atoms with Crippen molar-refractivity contribution in [1.29, 1.82) is 0 Å². The molecule has 0 aliphatic rings. The monoisotopic (exact) mass is 325 g/mol. The van der Waals surface area contributed by atoms with E-state index >= 15 is 0 Å². The molecule has 0 unspecified atom stereocenters. The van der Waals surface area contributed by atoms with Crippen molar-refractivity contribution in [2.24, 2.45) is 0 Å². The van der Waals surface area contributed by atoms with E-state index in [9.17, 15) is 9.59 Å². The van der Waals surface area contributed by atoms with Crippen LogP contribution in [0.5, 0.6) is 0 Å². The van der Waals surface area contributed by atoms with Gasteiger partial charge in [0.15, 0.2) is 5.16 Å². The summed E-state index contributed by atoms with van der Waals surface area (Å²) in [6, 6.07) is 0.162. The third-order valence-electron chi connectivity index (χ3n) is 3.38. The van der Waals surface area contributed by atoms with Gasteiger partial charge in [0.05, 0.1) is 11.1 Å². The first kappa shape index (κ1) is 16.0. The van der Waals surface area contributed by atoms with Crippen LogP contribution in [0.3, 0.4) is 0 Å². The molecule has 2 aromatic heterocycles. The van der Waals surface area contributed by atoms with Crippen LogP contribution >= 0.6 is 23.1 Å². The Labute approximate surface area is 131 Å². The zero-order valence-electron chi connectivity index (χ0n) is 12.6. The highest BCUT2D eigenvalue weighted by Crippen LogP contribution is 2.27. The van der Waals surface area contributed by atoms with Gasteiger partial charge in [-0.25, -0.2) is 4.98 Å². The Morgan fingerprint density at radius 2 is 2.19 bits per heavy atom. The van der Waals surface area contributed by atoms with Crippen LogP contribution in [0.2, 0.25) is 0 Å². The molecule has 0 aromatic carbocycles. The highest BCUT2D eigenvalue weighted by atomic mass is 32.2. The van der Waals surface area contributed by atoms with Gasteiger partial charge in [-0.2, -0.15) is 0 Å². The number of aryl methyl sites for hydroxylation is 2. The van der Waals surface area contributed by atoms with E-state index in [1.54, 1.807) is 0 Å². The largest absolute Gasteiger partial charge is 0.353 e. The molecule has 0 aliphatic carbocycles. The van der Waals surface area contributed by atoms with Crippen LogP contribution in [0.4, 0.5) is 0 Å². The Balaban J connectivity index is 2.13. The topological polar surface area (TPSA) is 74.8 Å². The third kappa shape index (κ3) is 3.65. The molecule has 2 N–H and O–H groups in total. The quantitative estimate of drug-likeness (QED) is 0.654. The van der Waals surface area contributed by atoms with E-state index in [-0.39, 0.29) is 23.3 Å². The maximum Gasteiger partial charge on any atom is 0.260 e. The van der Waals surface area contributed by atoms with E-state index in [0.717, 1.165) is 21.7 Å². The third-order valence-corrected chi connectivity index (χ3v) is 5.35. The first-order valence-corrected chi connectivity index (χ1v) is 8.64. The molecule has 7 heteroatoms. The average Bonchev–Trinajstić information content (AvgIpc) is 2.72. The fraction of sp³-hybridized carbons (Fsp3) is 0.500. The van der Waals surface area contributed by atoms with E-state index in [1.807, 2.05) is 27.7 Å². The second-order valence-electron chi connectivity index (χ2n) is 5.00. The summed E-state index contributed by atoms with van der Waals surface area (Å²) in [7, 11) is 0. The molecular formula is C14H19N3O2S2. The van der Waals surface area contributed by atoms with Crippen LogP contribution in [0.25, 0.3) is 10.2 Å². The molecule has 1 amide bonds. The van der Waals surface area contributed by atoms with Gasteiger partial charge in [0, 0.05) is 10.9 Å². The van der Waals surface area contributed by atoms with Crippen molar-refractivity contribution in [2.45, 2.75) is 45.3 Å². The van der Waals surface area contributed by atoms with Gasteiger partial charge in [-0.05, 0) is 32.8 Å². The predicted octanol–water partition coefficient (Wildman–Crippen LogP) is 2.61. The Hall–Kier alpha value is -1.34. The van der Waals surface area contributed by atoms with Crippen molar-refractivity contribution in [1.82, 2.24) is 15.3 Å². The number of carbonyl (C=O) groups is 1. The zero-order valence-corrected chi connectivity index (χ0v) is 14.2. The normalized spacial score (nSPS) is 12.6. The van der Waals surface area contributed by atoms with Crippen LogP contribution in [0.1, 0.15) is 30.7 Å². The summed E-state index contributed by atoms with van der Waals surface area (Å²) in [5.74, 6) is 0.206. The summed E-state index contributed by atoms with van der Waals surface area (Å²) in [4.78, 5) is 32.9. The molecule has 0 aliphatic heterocycles. The molecule has 1 atom stereocenters. The van der Waals surface area contributed by atoms with Crippen molar-refractivity contribution in [2.75, 3.05) is 5.75 Å². The minimum atomic E-state index is -0.133. The highest BCUT2D eigenvalue weighted by molar-refractivity contribution is 7.99. The molecule has 0 bridgehead atoms. The summed E-state index contributed by atoms with van der Waals surface area (Å²) in [5, 5.41) is 4.04. The Morgan fingerprint density at radius 3 is 2.86 bits per heavy atom. The molecular weight excluding hydrogens is 306 g/mol. The second kappa shape index (κ2) is 6.62. The lowest BCUT2D eigenvalue weighted by Crippen LogP contribution is -2.33. The average molecular weight is 325 g/mol. The molecule has 2 aromatic rings. The molecule has 0 radical (unpaired) electrons. The van der Waals surface area contributed by atoms with Crippen molar-refractivity contribution >= 4 is 39.2 Å². The molecule has 0 saturated carbocycles. The number of hydrogen-bond donors (Lipinski definition) is 2. The number of hydrogen-bond acceptors (Lipinski definition) is 5. The molecule has 21 heavy (non-hydrogen) atoms. The van der Waals surface area contributed by atoms with Crippen LogP contribution in [0, 0.1) is 13.8 Å².